The first-order valence-electron chi connectivity index (χ1n) is 6.39. The number of halogens is 1. The molecule has 0 unspecified atom stereocenters. The predicted molar refractivity (Wildman–Crippen MR) is 76.3 cm³/mol. The van der Waals surface area contributed by atoms with E-state index in [1.807, 2.05) is 0 Å². The van der Waals surface area contributed by atoms with Crippen LogP contribution in [0.2, 0.25) is 5.15 Å². The monoisotopic (exact) mass is 334 g/mol. The number of rotatable bonds is 4. The minimum atomic E-state index is -3.58. The van der Waals surface area contributed by atoms with E-state index in [1.54, 1.807) is 12.1 Å². The van der Waals surface area contributed by atoms with E-state index in [0.29, 0.717) is 17.1 Å². The van der Waals surface area contributed by atoms with Crippen LogP contribution in [0.15, 0.2) is 18.3 Å². The Balaban J connectivity index is 2.23. The second kappa shape index (κ2) is 6.25. The zero-order valence-electron chi connectivity index (χ0n) is 11.3. The van der Waals surface area contributed by atoms with Crippen molar-refractivity contribution in [2.45, 2.75) is 37.3 Å². The van der Waals surface area contributed by atoms with Crippen molar-refractivity contribution < 1.29 is 17.5 Å². The molecule has 0 radical (unpaired) electrons. The quantitative estimate of drug-likeness (QED) is 0.361. The molecule has 116 valence electrons. The number of pyridine rings is 1. The van der Waals surface area contributed by atoms with Crippen molar-refractivity contribution in [1.29, 1.82) is 0 Å². The maximum absolute atomic E-state index is 11.2. The largest absolute Gasteiger partial charge is 0.267 e. The first-order valence-corrected chi connectivity index (χ1v) is 8.59. The molecule has 2 rings (SSSR count). The van der Waals surface area contributed by atoms with Gasteiger partial charge in [0.1, 0.15) is 5.15 Å². The molecule has 1 heterocycles. The van der Waals surface area contributed by atoms with Gasteiger partial charge in [-0.25, -0.2) is 4.98 Å². The van der Waals surface area contributed by atoms with E-state index >= 15 is 0 Å². The highest BCUT2D eigenvalue weighted by Gasteiger charge is 2.40. The van der Waals surface area contributed by atoms with Crippen molar-refractivity contribution in [3.8, 4) is 0 Å². The summed E-state index contributed by atoms with van der Waals surface area (Å²) in [6.45, 7) is 0. The summed E-state index contributed by atoms with van der Waals surface area (Å²) in [5, 5.41) is 11.5. The summed E-state index contributed by atoms with van der Waals surface area (Å²) < 4.78 is 27.4. The van der Waals surface area contributed by atoms with Gasteiger partial charge in [-0.1, -0.05) is 17.7 Å². The topological polar surface area (TPSA) is 99.4 Å². The van der Waals surface area contributed by atoms with Gasteiger partial charge in [0.25, 0.3) is 10.1 Å². The molecule has 1 saturated carbocycles. The molecular weight excluding hydrogens is 320 g/mol. The van der Waals surface area contributed by atoms with Gasteiger partial charge >= 0.3 is 0 Å². The third kappa shape index (κ3) is 4.36. The fraction of sp³-hybridized carbons (Fsp3) is 0.583. The molecule has 0 spiro atoms. The minimum Gasteiger partial charge on any atom is -0.267 e. The normalized spacial score (nSPS) is 26.5. The van der Waals surface area contributed by atoms with Crippen LogP contribution < -0.4 is 0 Å². The van der Waals surface area contributed by atoms with E-state index < -0.39 is 28.2 Å². The summed E-state index contributed by atoms with van der Waals surface area (Å²) in [5.41, 5.74) is 0.669. The molecule has 9 heteroatoms. The van der Waals surface area contributed by atoms with E-state index in [1.165, 1.54) is 6.20 Å². The second-order valence-electron chi connectivity index (χ2n) is 5.11. The number of hydrogen-bond donors (Lipinski definition) is 0. The Kier molecular flexibility index (Phi) is 4.80. The van der Waals surface area contributed by atoms with Gasteiger partial charge in [0.15, 0.2) is 0 Å². The Morgan fingerprint density at radius 3 is 2.67 bits per heavy atom. The molecule has 0 bridgehead atoms. The third-order valence-electron chi connectivity index (χ3n) is 3.53. The van der Waals surface area contributed by atoms with Crippen LogP contribution in [0.25, 0.3) is 0 Å². The number of aromatic nitrogens is 1. The summed E-state index contributed by atoms with van der Waals surface area (Å²) >= 11 is 5.72. The summed E-state index contributed by atoms with van der Waals surface area (Å²) in [5.74, 6) is -0.440. The van der Waals surface area contributed by atoms with E-state index in [9.17, 15) is 18.5 Å². The summed E-state index contributed by atoms with van der Waals surface area (Å²) in [6, 6.07) is 2.47. The lowest BCUT2D eigenvalue weighted by atomic mass is 9.79. The van der Waals surface area contributed by atoms with E-state index in [0.717, 1.165) is 6.26 Å². The molecule has 7 nitrogen and oxygen atoms in total. The number of hydrogen-bond acceptors (Lipinski definition) is 6. The van der Waals surface area contributed by atoms with Gasteiger partial charge in [0.05, 0.1) is 18.3 Å². The maximum atomic E-state index is 11.2. The molecule has 1 aromatic heterocycles. The van der Waals surface area contributed by atoms with E-state index in [4.69, 9.17) is 15.8 Å². The van der Waals surface area contributed by atoms with Crippen LogP contribution in [0, 0.1) is 10.1 Å². The summed E-state index contributed by atoms with van der Waals surface area (Å²) in [6.07, 6.45) is 2.80. The fourth-order valence-corrected chi connectivity index (χ4v) is 3.45. The van der Waals surface area contributed by atoms with E-state index in [2.05, 4.69) is 4.98 Å². The van der Waals surface area contributed by atoms with Crippen LogP contribution >= 0.6 is 11.6 Å². The molecule has 0 saturated heterocycles. The highest BCUT2D eigenvalue weighted by molar-refractivity contribution is 7.86. The molecular formula is C12H15ClN2O5S. The van der Waals surface area contributed by atoms with Crippen LogP contribution in [0.3, 0.4) is 0 Å². The van der Waals surface area contributed by atoms with Crippen molar-refractivity contribution in [3.05, 3.63) is 39.2 Å². The van der Waals surface area contributed by atoms with Crippen LogP contribution in [-0.4, -0.2) is 36.7 Å². The molecule has 1 aliphatic carbocycles. The minimum absolute atomic E-state index is 0.264. The smallest absolute Gasteiger partial charge is 0.264 e. The second-order valence-corrected chi connectivity index (χ2v) is 7.10. The van der Waals surface area contributed by atoms with E-state index in [-0.39, 0.29) is 17.8 Å². The Morgan fingerprint density at radius 2 is 2.14 bits per heavy atom. The molecule has 3 atom stereocenters. The zero-order valence-corrected chi connectivity index (χ0v) is 12.9. The lowest BCUT2D eigenvalue weighted by molar-refractivity contribution is -0.530. The van der Waals surface area contributed by atoms with Gasteiger partial charge in [-0.15, -0.1) is 0 Å². The van der Waals surface area contributed by atoms with Gasteiger partial charge in [0.2, 0.25) is 6.04 Å². The van der Waals surface area contributed by atoms with Crippen LogP contribution in [-0.2, 0) is 14.3 Å². The summed E-state index contributed by atoms with van der Waals surface area (Å²) in [4.78, 5) is 14.8. The van der Waals surface area contributed by atoms with Gasteiger partial charge in [-0.3, -0.25) is 14.3 Å². The number of nitrogens with zero attached hydrogens (tertiary/aromatic N) is 2. The van der Waals surface area contributed by atoms with Crippen molar-refractivity contribution in [2.24, 2.45) is 0 Å². The third-order valence-corrected chi connectivity index (χ3v) is 4.37. The molecule has 0 amide bonds. The first kappa shape index (κ1) is 16.1. The molecule has 1 aliphatic rings. The highest BCUT2D eigenvalue weighted by Crippen LogP contribution is 2.36. The van der Waals surface area contributed by atoms with Gasteiger partial charge in [0, 0.05) is 17.5 Å². The van der Waals surface area contributed by atoms with Gasteiger partial charge in [-0.2, -0.15) is 8.42 Å². The van der Waals surface area contributed by atoms with Crippen LogP contribution in [0.5, 0.6) is 0 Å². The van der Waals surface area contributed by atoms with Gasteiger partial charge < -0.3 is 0 Å². The lowest BCUT2D eigenvalue weighted by Gasteiger charge is -2.30. The Morgan fingerprint density at radius 1 is 1.43 bits per heavy atom. The fourth-order valence-electron chi connectivity index (χ4n) is 2.67. The predicted octanol–water partition coefficient (Wildman–Crippen LogP) is 1.99. The number of nitro groups is 1. The Labute approximate surface area is 127 Å². The zero-order chi connectivity index (χ0) is 15.6. The average Bonchev–Trinajstić information content (AvgIpc) is 2.37. The highest BCUT2D eigenvalue weighted by atomic mass is 35.5. The molecule has 0 aliphatic heterocycles. The maximum Gasteiger partial charge on any atom is 0.264 e. The van der Waals surface area contributed by atoms with Crippen molar-refractivity contribution in [2.75, 3.05) is 6.26 Å². The first-order chi connectivity index (χ1) is 9.76. The van der Waals surface area contributed by atoms with Crippen molar-refractivity contribution >= 4 is 21.7 Å². The van der Waals surface area contributed by atoms with Gasteiger partial charge in [-0.05, 0) is 24.5 Å². The molecule has 0 N–H and O–H groups in total. The molecule has 0 aromatic carbocycles. The standard InChI is InChI=1S/C12H15ClN2O5S/c1-21(18,19)20-9-3-4-11(15(16)17)10(6-9)8-2-5-12(13)14-7-8/h2,5,7,9-11H,3-4,6H2,1H3/t9-,10-,11-/m1/s1. The summed E-state index contributed by atoms with van der Waals surface area (Å²) in [7, 11) is -3.58. The molecule has 1 aromatic rings. The van der Waals surface area contributed by atoms with Crippen molar-refractivity contribution in [3.63, 3.8) is 0 Å². The average molecular weight is 335 g/mol. The Bertz CT molecular complexity index is 619. The van der Waals surface area contributed by atoms with Crippen LogP contribution in [0.4, 0.5) is 0 Å². The SMILES string of the molecule is CS(=O)(=O)O[C@@H]1CC[C@@H]([N+](=O)[O-])[C@@H](c2ccc(Cl)nc2)C1. The molecule has 21 heavy (non-hydrogen) atoms. The Hall–Kier alpha value is -1.25. The molecule has 1 fully saturated rings. The van der Waals surface area contributed by atoms with Crippen molar-refractivity contribution in [1.82, 2.24) is 4.98 Å². The van der Waals surface area contributed by atoms with Crippen LogP contribution in [0.1, 0.15) is 30.7 Å². The lowest BCUT2D eigenvalue weighted by Crippen LogP contribution is -2.37.